The summed E-state index contributed by atoms with van der Waals surface area (Å²) in [5.41, 5.74) is 4.41. The van der Waals surface area contributed by atoms with Gasteiger partial charge in [0.25, 0.3) is 0 Å². The summed E-state index contributed by atoms with van der Waals surface area (Å²) >= 11 is 0. The normalized spacial score (nSPS) is 10.4. The van der Waals surface area contributed by atoms with E-state index in [1.807, 2.05) is 72.8 Å². The summed E-state index contributed by atoms with van der Waals surface area (Å²) in [6.07, 6.45) is 11.7. The Balaban J connectivity index is 0.000000187. The average Bonchev–Trinajstić information content (AvgIpc) is 3.41. The summed E-state index contributed by atoms with van der Waals surface area (Å²) in [6, 6.07) is 28.2. The van der Waals surface area contributed by atoms with Gasteiger partial charge >= 0.3 is 17.1 Å². The van der Waals surface area contributed by atoms with E-state index >= 15 is 0 Å². The van der Waals surface area contributed by atoms with Crippen LogP contribution in [0.15, 0.2) is 97.3 Å². The predicted molar refractivity (Wildman–Crippen MR) is 110 cm³/mol. The molecular formula is C24H20FeN2. The van der Waals surface area contributed by atoms with E-state index in [2.05, 4.69) is 46.4 Å². The molecule has 2 heterocycles. The van der Waals surface area contributed by atoms with Gasteiger partial charge in [-0.25, -0.2) is 0 Å². The fourth-order valence-electron chi connectivity index (χ4n) is 2.31. The van der Waals surface area contributed by atoms with E-state index in [0.29, 0.717) is 0 Å². The average molecular weight is 392 g/mol. The van der Waals surface area contributed by atoms with E-state index in [1.165, 1.54) is 11.1 Å². The van der Waals surface area contributed by atoms with Crippen molar-refractivity contribution in [3.05, 3.63) is 120 Å². The molecule has 134 valence electrons. The third kappa shape index (κ3) is 7.41. The molecule has 0 saturated heterocycles. The monoisotopic (exact) mass is 392 g/mol. The van der Waals surface area contributed by atoms with E-state index in [1.54, 1.807) is 12.4 Å². The Morgan fingerprint density at radius 2 is 0.963 bits per heavy atom. The summed E-state index contributed by atoms with van der Waals surface area (Å²) in [6.45, 7) is 0. The Morgan fingerprint density at radius 3 is 1.30 bits per heavy atom. The van der Waals surface area contributed by atoms with Gasteiger partial charge in [0.1, 0.15) is 0 Å². The minimum atomic E-state index is 0. The molecule has 0 aliphatic rings. The largest absolute Gasteiger partial charge is 2.00 e. The van der Waals surface area contributed by atoms with E-state index in [0.717, 1.165) is 11.4 Å². The molecule has 0 radical (unpaired) electrons. The van der Waals surface area contributed by atoms with Crippen molar-refractivity contribution in [3.63, 3.8) is 0 Å². The first-order valence-electron chi connectivity index (χ1n) is 8.52. The first-order valence-corrected chi connectivity index (χ1v) is 8.52. The molecule has 0 amide bonds. The Bertz CT molecular complexity index is 827. The Kier molecular flexibility index (Phi) is 8.71. The van der Waals surface area contributed by atoms with Gasteiger partial charge < -0.3 is 0 Å². The molecule has 0 unspecified atom stereocenters. The molecular weight excluding hydrogens is 372 g/mol. The van der Waals surface area contributed by atoms with Crippen LogP contribution in [0, 0.1) is 0 Å². The van der Waals surface area contributed by atoms with Gasteiger partial charge in [0.2, 0.25) is 0 Å². The molecule has 0 aliphatic heterocycles. The molecule has 0 spiro atoms. The van der Waals surface area contributed by atoms with Crippen LogP contribution < -0.4 is 0 Å². The number of hydrogen-bond donors (Lipinski definition) is 0. The number of hydrogen-bond acceptors (Lipinski definition) is 2. The third-order valence-corrected chi connectivity index (χ3v) is 3.65. The van der Waals surface area contributed by atoms with E-state index in [9.17, 15) is 0 Å². The topological polar surface area (TPSA) is 25.8 Å². The maximum Gasteiger partial charge on any atom is 2.00 e. The Labute approximate surface area is 171 Å². The number of pyridine rings is 2. The first kappa shape index (κ1) is 20.3. The molecule has 27 heavy (non-hydrogen) atoms. The fraction of sp³-hybridized carbons (Fsp3) is 0. The van der Waals surface area contributed by atoms with E-state index in [-0.39, 0.29) is 17.1 Å². The SMILES string of the molecule is C(=C[c-]1cccc1)c1ccccn1.C(=C\[c-]1cccc1)/c1ccccn1.[Fe+2]. The molecule has 0 atom stereocenters. The zero-order valence-corrected chi connectivity index (χ0v) is 15.9. The molecule has 0 fully saturated rings. The van der Waals surface area contributed by atoms with Gasteiger partial charge in [0.15, 0.2) is 0 Å². The maximum atomic E-state index is 4.19. The van der Waals surface area contributed by atoms with Crippen LogP contribution in [0.1, 0.15) is 22.5 Å². The first-order chi connectivity index (χ1) is 12.9. The molecule has 4 aromatic rings. The minimum Gasteiger partial charge on any atom is -0.267 e. The van der Waals surface area contributed by atoms with Crippen molar-refractivity contribution in [1.82, 2.24) is 9.97 Å². The Hall–Kier alpha value is -3.00. The predicted octanol–water partition coefficient (Wildman–Crippen LogP) is 5.94. The summed E-state index contributed by atoms with van der Waals surface area (Å²) in [7, 11) is 0. The molecule has 0 bridgehead atoms. The molecule has 2 nitrogen and oxygen atoms in total. The summed E-state index contributed by atoms with van der Waals surface area (Å²) < 4.78 is 0. The van der Waals surface area contributed by atoms with Crippen molar-refractivity contribution in [2.24, 2.45) is 0 Å². The van der Waals surface area contributed by atoms with Crippen LogP contribution in [0.5, 0.6) is 0 Å². The van der Waals surface area contributed by atoms with Crippen LogP contribution in [0.2, 0.25) is 0 Å². The van der Waals surface area contributed by atoms with Gasteiger partial charge in [-0.15, -0.1) is 59.7 Å². The fourth-order valence-corrected chi connectivity index (χ4v) is 2.31. The molecule has 4 rings (SSSR count). The number of rotatable bonds is 4. The zero-order valence-electron chi connectivity index (χ0n) is 14.8. The van der Waals surface area contributed by atoms with Gasteiger partial charge in [-0.3, -0.25) is 9.97 Å². The second kappa shape index (κ2) is 11.6. The minimum absolute atomic E-state index is 0. The van der Waals surface area contributed by atoms with Gasteiger partial charge in [-0.2, -0.15) is 24.3 Å². The second-order valence-electron chi connectivity index (χ2n) is 5.61. The van der Waals surface area contributed by atoms with Crippen molar-refractivity contribution in [3.8, 4) is 0 Å². The van der Waals surface area contributed by atoms with Gasteiger partial charge in [0.05, 0.1) is 0 Å². The van der Waals surface area contributed by atoms with Crippen LogP contribution in [-0.4, -0.2) is 9.97 Å². The van der Waals surface area contributed by atoms with Gasteiger partial charge in [-0.05, 0) is 24.3 Å². The molecule has 0 aliphatic carbocycles. The van der Waals surface area contributed by atoms with Crippen LogP contribution >= 0.6 is 0 Å². The summed E-state index contributed by atoms with van der Waals surface area (Å²) in [5, 5.41) is 0. The van der Waals surface area contributed by atoms with E-state index < -0.39 is 0 Å². The summed E-state index contributed by atoms with van der Waals surface area (Å²) in [4.78, 5) is 8.38. The van der Waals surface area contributed by atoms with Crippen LogP contribution in [-0.2, 0) is 17.1 Å². The molecule has 3 heteroatoms. The van der Waals surface area contributed by atoms with Crippen molar-refractivity contribution < 1.29 is 17.1 Å². The molecule has 2 aromatic carbocycles. The second-order valence-corrected chi connectivity index (χ2v) is 5.61. The molecule has 2 aromatic heterocycles. The van der Waals surface area contributed by atoms with Gasteiger partial charge in [-0.1, -0.05) is 12.1 Å². The van der Waals surface area contributed by atoms with Crippen molar-refractivity contribution in [1.29, 1.82) is 0 Å². The van der Waals surface area contributed by atoms with Crippen molar-refractivity contribution >= 4 is 24.3 Å². The number of aromatic nitrogens is 2. The number of nitrogens with zero attached hydrogens (tertiary/aromatic N) is 2. The van der Waals surface area contributed by atoms with Crippen molar-refractivity contribution in [2.45, 2.75) is 0 Å². The van der Waals surface area contributed by atoms with E-state index in [4.69, 9.17) is 0 Å². The zero-order chi connectivity index (χ0) is 17.9. The molecule has 0 N–H and O–H groups in total. The van der Waals surface area contributed by atoms with Crippen LogP contribution in [0.3, 0.4) is 0 Å². The quantitative estimate of drug-likeness (QED) is 0.317. The van der Waals surface area contributed by atoms with Crippen LogP contribution in [0.25, 0.3) is 24.3 Å². The maximum absolute atomic E-state index is 4.19. The summed E-state index contributed by atoms with van der Waals surface area (Å²) in [5.74, 6) is 0. The molecule has 0 saturated carbocycles. The van der Waals surface area contributed by atoms with Crippen LogP contribution in [0.4, 0.5) is 0 Å². The smallest absolute Gasteiger partial charge is 0.267 e. The van der Waals surface area contributed by atoms with Gasteiger partial charge in [0, 0.05) is 23.8 Å². The van der Waals surface area contributed by atoms with Crippen molar-refractivity contribution in [2.75, 3.05) is 0 Å². The third-order valence-electron chi connectivity index (χ3n) is 3.65. The Morgan fingerprint density at radius 1 is 0.556 bits per heavy atom. The standard InChI is InChI=1S/2C12H10N.Fe/c2*1-2-6-11(5-1)8-9-12-7-3-4-10-13-12;/h2*1-10H;/q2*-1;+2/b9-8+;;.